The van der Waals surface area contributed by atoms with Crippen LogP contribution in [0.15, 0.2) is 24.3 Å². The number of nitrogens with one attached hydrogen (secondary N) is 2. The molecule has 1 fully saturated rings. The monoisotopic (exact) mass is 411 g/mol. The number of aromatic amines is 1. The van der Waals surface area contributed by atoms with Gasteiger partial charge in [-0.15, -0.1) is 0 Å². The number of amides is 4. The molecule has 9 nitrogen and oxygen atoms in total. The normalized spacial score (nSPS) is 21.7. The molecule has 0 unspecified atom stereocenters. The van der Waals surface area contributed by atoms with E-state index in [9.17, 15) is 24.3 Å². The molecule has 0 saturated carbocycles. The second-order valence-corrected chi connectivity index (χ2v) is 8.23. The zero-order valence-electron chi connectivity index (χ0n) is 17.0. The Morgan fingerprint density at radius 3 is 2.63 bits per heavy atom. The predicted molar refractivity (Wildman–Crippen MR) is 105 cm³/mol. The van der Waals surface area contributed by atoms with Gasteiger partial charge in [0.25, 0.3) is 5.91 Å². The largest absolute Gasteiger partial charge is 0.548 e. The van der Waals surface area contributed by atoms with Crippen LogP contribution in [-0.4, -0.2) is 57.7 Å². The number of carbonyl (C=O) groups is 4. The second kappa shape index (κ2) is 6.86. The molecule has 1 saturated heterocycles. The Bertz CT molecular complexity index is 1070. The lowest BCUT2D eigenvalue weighted by Gasteiger charge is -2.36. The van der Waals surface area contributed by atoms with Crippen LogP contribution in [0.4, 0.5) is 4.79 Å². The molecule has 1 aromatic carbocycles. The number of H-pyrrole nitrogens is 1. The minimum Gasteiger partial charge on any atom is -0.548 e. The van der Waals surface area contributed by atoms with Crippen LogP contribution in [0.3, 0.4) is 0 Å². The lowest BCUT2D eigenvalue weighted by atomic mass is 9.86. The zero-order valence-corrected chi connectivity index (χ0v) is 17.0. The Morgan fingerprint density at radius 2 is 1.97 bits per heavy atom. The van der Waals surface area contributed by atoms with Crippen LogP contribution >= 0.6 is 0 Å². The van der Waals surface area contributed by atoms with Crippen molar-refractivity contribution in [3.63, 3.8) is 0 Å². The van der Waals surface area contributed by atoms with Gasteiger partial charge in [-0.1, -0.05) is 32.0 Å². The fourth-order valence-electron chi connectivity index (χ4n) is 4.65. The van der Waals surface area contributed by atoms with E-state index in [2.05, 4.69) is 10.3 Å². The van der Waals surface area contributed by atoms with Gasteiger partial charge in [0.2, 0.25) is 5.91 Å². The number of rotatable bonds is 5. The van der Waals surface area contributed by atoms with E-state index in [1.807, 2.05) is 24.3 Å². The van der Waals surface area contributed by atoms with Gasteiger partial charge in [0.05, 0.1) is 18.2 Å². The molecular weight excluding hydrogens is 388 g/mol. The van der Waals surface area contributed by atoms with Crippen LogP contribution in [0.25, 0.3) is 10.9 Å². The lowest BCUT2D eigenvalue weighted by molar-refractivity contribution is -0.304. The first-order chi connectivity index (χ1) is 14.2. The van der Waals surface area contributed by atoms with Gasteiger partial charge in [0, 0.05) is 17.4 Å². The summed E-state index contributed by atoms with van der Waals surface area (Å²) in [4.78, 5) is 56.1. The van der Waals surface area contributed by atoms with Gasteiger partial charge >= 0.3 is 6.03 Å². The molecule has 2 aliphatic heterocycles. The Balaban J connectivity index is 1.77. The molecule has 2 aliphatic rings. The van der Waals surface area contributed by atoms with Crippen molar-refractivity contribution in [3.8, 4) is 0 Å². The Hall–Kier alpha value is -3.36. The van der Waals surface area contributed by atoms with Gasteiger partial charge in [-0.05, 0) is 30.9 Å². The van der Waals surface area contributed by atoms with E-state index in [0.29, 0.717) is 18.7 Å². The molecule has 30 heavy (non-hydrogen) atoms. The molecule has 4 rings (SSSR count). The number of benzene rings is 1. The number of imide groups is 1. The van der Waals surface area contributed by atoms with E-state index in [-0.39, 0.29) is 0 Å². The molecule has 9 heteroatoms. The highest BCUT2D eigenvalue weighted by atomic mass is 16.4. The summed E-state index contributed by atoms with van der Waals surface area (Å²) in [5, 5.41) is 14.0. The van der Waals surface area contributed by atoms with Crippen LogP contribution in [-0.2, 0) is 26.3 Å². The maximum absolute atomic E-state index is 13.6. The molecule has 0 spiro atoms. The molecule has 2 N–H and O–H groups in total. The third-order valence-corrected chi connectivity index (χ3v) is 6.08. The summed E-state index contributed by atoms with van der Waals surface area (Å²) >= 11 is 0. The van der Waals surface area contributed by atoms with Gasteiger partial charge in [-0.25, -0.2) is 9.69 Å². The minimum absolute atomic E-state index is 0.345. The smallest absolute Gasteiger partial charge is 0.328 e. The highest BCUT2D eigenvalue weighted by Gasteiger charge is 2.61. The predicted octanol–water partition coefficient (Wildman–Crippen LogP) is 0.0941. The van der Waals surface area contributed by atoms with Gasteiger partial charge in [0.15, 0.2) is 5.54 Å². The number of hydrogen-bond acceptors (Lipinski definition) is 5. The number of fused-ring (bicyclic) bond motifs is 5. The van der Waals surface area contributed by atoms with Crippen molar-refractivity contribution in [1.82, 2.24) is 20.1 Å². The molecular formula is C21H23N4O5-. The number of para-hydroxylation sites is 1. The van der Waals surface area contributed by atoms with Crippen molar-refractivity contribution in [2.75, 3.05) is 13.1 Å². The molecule has 1 aromatic heterocycles. The minimum atomic E-state index is -1.45. The number of carboxylic acid groups (broad SMARTS) is 1. The number of aliphatic carboxylic acids is 1. The van der Waals surface area contributed by atoms with E-state index < -0.39 is 47.9 Å². The summed E-state index contributed by atoms with van der Waals surface area (Å²) in [6.07, 6.45) is 0.588. The SMILES string of the molecule is CC(C)[C@@H](C(=O)NCC(=O)[O-])N1C(=O)N2CCc3c([nH]c4ccccc34)[C@@]2(C)C1=O. The molecule has 4 amide bonds. The third kappa shape index (κ3) is 2.68. The van der Waals surface area contributed by atoms with Crippen LogP contribution in [0.5, 0.6) is 0 Å². The highest BCUT2D eigenvalue weighted by Crippen LogP contribution is 2.45. The standard InChI is InChI=1S/C21H24N4O5/c1-11(2)16(18(28)22-10-15(26)27)25-19(29)21(3)17-13(8-9-24(21)20(25)30)12-6-4-5-7-14(12)23-17/h4-7,11,16,23H,8-10H2,1-3H3,(H,22,28)(H,26,27)/p-1/t16-,21-/m0/s1. The van der Waals surface area contributed by atoms with Gasteiger partial charge < -0.3 is 25.1 Å². The van der Waals surface area contributed by atoms with Gasteiger partial charge in [-0.3, -0.25) is 9.59 Å². The molecule has 0 aliphatic carbocycles. The van der Waals surface area contributed by atoms with Crippen molar-refractivity contribution in [3.05, 3.63) is 35.5 Å². The van der Waals surface area contributed by atoms with Crippen molar-refractivity contribution in [2.24, 2.45) is 5.92 Å². The highest BCUT2D eigenvalue weighted by molar-refractivity contribution is 6.11. The first-order valence-corrected chi connectivity index (χ1v) is 9.90. The lowest BCUT2D eigenvalue weighted by Crippen LogP contribution is -2.54. The Morgan fingerprint density at radius 1 is 1.27 bits per heavy atom. The first-order valence-electron chi connectivity index (χ1n) is 9.90. The van der Waals surface area contributed by atoms with Crippen LogP contribution in [0.2, 0.25) is 0 Å². The van der Waals surface area contributed by atoms with Crippen LogP contribution in [0, 0.1) is 5.92 Å². The van der Waals surface area contributed by atoms with E-state index in [4.69, 9.17) is 0 Å². The number of aromatic nitrogens is 1. The van der Waals surface area contributed by atoms with Gasteiger partial charge in [0.1, 0.15) is 6.04 Å². The average Bonchev–Trinajstić information content (AvgIpc) is 3.16. The second-order valence-electron chi connectivity index (χ2n) is 8.23. The topological polar surface area (TPSA) is 126 Å². The number of carbonyl (C=O) groups excluding carboxylic acids is 4. The summed E-state index contributed by atoms with van der Waals surface area (Å²) < 4.78 is 0. The molecule has 0 bridgehead atoms. The van der Waals surface area contributed by atoms with E-state index in [1.165, 1.54) is 4.90 Å². The number of hydrogen-bond donors (Lipinski definition) is 2. The van der Waals surface area contributed by atoms with E-state index >= 15 is 0 Å². The van der Waals surface area contributed by atoms with Crippen molar-refractivity contribution < 1.29 is 24.3 Å². The molecule has 2 atom stereocenters. The van der Waals surface area contributed by atoms with Crippen LogP contribution in [0.1, 0.15) is 32.0 Å². The molecule has 3 heterocycles. The van der Waals surface area contributed by atoms with Crippen molar-refractivity contribution >= 4 is 34.7 Å². The fraction of sp³-hybridized carbons (Fsp3) is 0.429. The Kier molecular flexibility index (Phi) is 4.56. The number of nitrogens with zero attached hydrogens (tertiary/aromatic N) is 2. The molecule has 0 radical (unpaired) electrons. The quantitative estimate of drug-likeness (QED) is 0.675. The van der Waals surface area contributed by atoms with Crippen molar-refractivity contribution in [2.45, 2.75) is 38.8 Å². The summed E-state index contributed by atoms with van der Waals surface area (Å²) in [7, 11) is 0. The zero-order chi connectivity index (χ0) is 21.8. The fourth-order valence-corrected chi connectivity index (χ4v) is 4.65. The van der Waals surface area contributed by atoms with E-state index in [1.54, 1.807) is 20.8 Å². The third-order valence-electron chi connectivity index (χ3n) is 6.08. The maximum Gasteiger partial charge on any atom is 0.328 e. The molecule has 158 valence electrons. The summed E-state index contributed by atoms with van der Waals surface area (Å²) in [5.41, 5.74) is 1.28. The first kappa shape index (κ1) is 19.9. The maximum atomic E-state index is 13.6. The molecule has 2 aromatic rings. The summed E-state index contributed by atoms with van der Waals surface area (Å²) in [6.45, 7) is 4.76. The average molecular weight is 411 g/mol. The summed E-state index contributed by atoms with van der Waals surface area (Å²) in [5.74, 6) is -3.05. The van der Waals surface area contributed by atoms with Gasteiger partial charge in [-0.2, -0.15) is 0 Å². The van der Waals surface area contributed by atoms with Crippen LogP contribution < -0.4 is 10.4 Å². The summed E-state index contributed by atoms with van der Waals surface area (Å²) in [6, 6.07) is 6.05. The number of urea groups is 1. The Labute approximate surface area is 173 Å². The van der Waals surface area contributed by atoms with E-state index in [0.717, 1.165) is 21.4 Å². The number of carboxylic acids is 1. The van der Waals surface area contributed by atoms with Crippen molar-refractivity contribution in [1.29, 1.82) is 0 Å².